The first-order valence-electron chi connectivity index (χ1n) is 8.69. The SMILES string of the molecule is CCOc1ccccc1C(=O)NCC(=O)NC(C)c1cccc(C(F)(F)F)c1. The van der Waals surface area contributed by atoms with Crippen LogP contribution in [0.5, 0.6) is 5.75 Å². The Morgan fingerprint density at radius 3 is 2.50 bits per heavy atom. The van der Waals surface area contributed by atoms with Gasteiger partial charge in [-0.05, 0) is 43.7 Å². The third-order valence-corrected chi connectivity index (χ3v) is 3.93. The summed E-state index contributed by atoms with van der Waals surface area (Å²) in [4.78, 5) is 24.3. The topological polar surface area (TPSA) is 67.4 Å². The number of amides is 2. The van der Waals surface area contributed by atoms with E-state index in [2.05, 4.69) is 10.6 Å². The first-order chi connectivity index (χ1) is 13.2. The van der Waals surface area contributed by atoms with E-state index in [0.29, 0.717) is 23.5 Å². The number of carbonyl (C=O) groups excluding carboxylic acids is 2. The van der Waals surface area contributed by atoms with Crippen molar-refractivity contribution < 1.29 is 27.5 Å². The molecule has 5 nitrogen and oxygen atoms in total. The molecule has 1 unspecified atom stereocenters. The molecule has 2 rings (SSSR count). The average molecular weight is 394 g/mol. The summed E-state index contributed by atoms with van der Waals surface area (Å²) in [5.74, 6) is -0.599. The quantitative estimate of drug-likeness (QED) is 0.752. The molecule has 0 bridgehead atoms. The second-order valence-electron chi connectivity index (χ2n) is 6.02. The molecular weight excluding hydrogens is 373 g/mol. The highest BCUT2D eigenvalue weighted by Gasteiger charge is 2.30. The summed E-state index contributed by atoms with van der Waals surface area (Å²) >= 11 is 0. The Morgan fingerprint density at radius 2 is 1.82 bits per heavy atom. The van der Waals surface area contributed by atoms with Crippen molar-refractivity contribution in [1.29, 1.82) is 0 Å². The monoisotopic (exact) mass is 394 g/mol. The Bertz CT molecular complexity index is 837. The number of hydrogen-bond donors (Lipinski definition) is 2. The number of rotatable bonds is 7. The van der Waals surface area contributed by atoms with Crippen LogP contribution in [-0.4, -0.2) is 25.0 Å². The minimum atomic E-state index is -4.46. The normalized spacial score (nSPS) is 12.2. The first kappa shape index (κ1) is 21.3. The number of alkyl halides is 3. The van der Waals surface area contributed by atoms with Gasteiger partial charge >= 0.3 is 6.18 Å². The standard InChI is InChI=1S/C20H21F3N2O3/c1-3-28-17-10-5-4-9-16(17)19(27)24-12-18(26)25-13(2)14-7-6-8-15(11-14)20(21,22)23/h4-11,13H,3,12H2,1-2H3,(H,24,27)(H,25,26). The van der Waals surface area contributed by atoms with Crippen molar-refractivity contribution in [3.8, 4) is 5.75 Å². The van der Waals surface area contributed by atoms with Crippen LogP contribution < -0.4 is 15.4 Å². The molecule has 0 spiro atoms. The maximum absolute atomic E-state index is 12.8. The number of halogens is 3. The van der Waals surface area contributed by atoms with Crippen LogP contribution in [0.25, 0.3) is 0 Å². The number of benzene rings is 2. The van der Waals surface area contributed by atoms with Crippen LogP contribution in [0.3, 0.4) is 0 Å². The molecule has 2 aromatic carbocycles. The van der Waals surface area contributed by atoms with Gasteiger partial charge in [-0.15, -0.1) is 0 Å². The van der Waals surface area contributed by atoms with E-state index in [1.165, 1.54) is 12.1 Å². The first-order valence-corrected chi connectivity index (χ1v) is 8.69. The van der Waals surface area contributed by atoms with E-state index >= 15 is 0 Å². The van der Waals surface area contributed by atoms with Crippen LogP contribution in [0, 0.1) is 0 Å². The second kappa shape index (κ2) is 9.25. The summed E-state index contributed by atoms with van der Waals surface area (Å²) in [7, 11) is 0. The molecule has 2 amide bonds. The minimum Gasteiger partial charge on any atom is -0.493 e. The van der Waals surface area contributed by atoms with Gasteiger partial charge in [-0.1, -0.05) is 24.3 Å². The van der Waals surface area contributed by atoms with Gasteiger partial charge in [0.15, 0.2) is 0 Å². The Labute approximate surface area is 160 Å². The molecule has 0 heterocycles. The van der Waals surface area contributed by atoms with Gasteiger partial charge in [-0.2, -0.15) is 13.2 Å². The number of nitrogens with one attached hydrogen (secondary N) is 2. The fourth-order valence-corrected chi connectivity index (χ4v) is 2.55. The maximum atomic E-state index is 12.8. The van der Waals surface area contributed by atoms with Gasteiger partial charge in [0, 0.05) is 0 Å². The molecule has 150 valence electrons. The van der Waals surface area contributed by atoms with E-state index in [4.69, 9.17) is 4.74 Å². The Morgan fingerprint density at radius 1 is 1.11 bits per heavy atom. The molecule has 28 heavy (non-hydrogen) atoms. The molecule has 0 fully saturated rings. The van der Waals surface area contributed by atoms with E-state index in [1.807, 2.05) is 0 Å². The third-order valence-electron chi connectivity index (χ3n) is 3.93. The van der Waals surface area contributed by atoms with Crippen LogP contribution >= 0.6 is 0 Å². The summed E-state index contributed by atoms with van der Waals surface area (Å²) in [6.07, 6.45) is -4.46. The number of ether oxygens (including phenoxy) is 1. The molecule has 0 saturated carbocycles. The summed E-state index contributed by atoms with van der Waals surface area (Å²) in [6.45, 7) is 3.43. The lowest BCUT2D eigenvalue weighted by molar-refractivity contribution is -0.137. The molecule has 1 atom stereocenters. The predicted octanol–water partition coefficient (Wildman–Crippen LogP) is 3.71. The van der Waals surface area contributed by atoms with Gasteiger partial charge in [0.05, 0.1) is 30.3 Å². The van der Waals surface area contributed by atoms with Crippen LogP contribution in [0.4, 0.5) is 13.2 Å². The molecule has 2 aromatic rings. The van der Waals surface area contributed by atoms with Crippen LogP contribution in [0.2, 0.25) is 0 Å². The molecule has 0 aromatic heterocycles. The lowest BCUT2D eigenvalue weighted by Gasteiger charge is -2.17. The van der Waals surface area contributed by atoms with Gasteiger partial charge in [0.1, 0.15) is 5.75 Å². The molecule has 2 N–H and O–H groups in total. The second-order valence-corrected chi connectivity index (χ2v) is 6.02. The third kappa shape index (κ3) is 5.73. The van der Waals surface area contributed by atoms with E-state index in [-0.39, 0.29) is 6.54 Å². The minimum absolute atomic E-state index is 0.295. The number of carbonyl (C=O) groups is 2. The van der Waals surface area contributed by atoms with Gasteiger partial charge in [0.25, 0.3) is 5.91 Å². The van der Waals surface area contributed by atoms with E-state index < -0.39 is 29.6 Å². The Balaban J connectivity index is 1.95. The van der Waals surface area contributed by atoms with E-state index in [1.54, 1.807) is 38.1 Å². The fraction of sp³-hybridized carbons (Fsp3) is 0.300. The molecular formula is C20H21F3N2O3. The zero-order valence-corrected chi connectivity index (χ0v) is 15.5. The molecule has 0 radical (unpaired) electrons. The van der Waals surface area contributed by atoms with Crippen molar-refractivity contribution in [2.45, 2.75) is 26.1 Å². The van der Waals surface area contributed by atoms with Gasteiger partial charge in [0.2, 0.25) is 5.91 Å². The highest BCUT2D eigenvalue weighted by molar-refractivity contribution is 5.98. The van der Waals surface area contributed by atoms with Crippen LogP contribution in [0.15, 0.2) is 48.5 Å². The van der Waals surface area contributed by atoms with Crippen molar-refractivity contribution in [3.05, 3.63) is 65.2 Å². The summed E-state index contributed by atoms with van der Waals surface area (Å²) in [5, 5.41) is 5.05. The average Bonchev–Trinajstić information content (AvgIpc) is 2.66. The molecule has 0 aliphatic heterocycles. The van der Waals surface area contributed by atoms with Crippen LogP contribution in [0.1, 0.15) is 41.4 Å². The van der Waals surface area contributed by atoms with Crippen molar-refractivity contribution in [2.75, 3.05) is 13.2 Å². The van der Waals surface area contributed by atoms with Crippen molar-refractivity contribution >= 4 is 11.8 Å². The Kier molecular flexibility index (Phi) is 7.03. The predicted molar refractivity (Wildman–Crippen MR) is 97.9 cm³/mol. The van der Waals surface area contributed by atoms with E-state index in [0.717, 1.165) is 12.1 Å². The van der Waals surface area contributed by atoms with Gasteiger partial charge in [-0.3, -0.25) is 9.59 Å². The highest BCUT2D eigenvalue weighted by atomic mass is 19.4. The van der Waals surface area contributed by atoms with Crippen molar-refractivity contribution in [2.24, 2.45) is 0 Å². The van der Waals surface area contributed by atoms with E-state index in [9.17, 15) is 22.8 Å². The molecule has 8 heteroatoms. The zero-order valence-electron chi connectivity index (χ0n) is 15.5. The fourth-order valence-electron chi connectivity index (χ4n) is 2.55. The number of hydrogen-bond acceptors (Lipinski definition) is 3. The van der Waals surface area contributed by atoms with Gasteiger partial charge in [-0.25, -0.2) is 0 Å². The lowest BCUT2D eigenvalue weighted by atomic mass is 10.0. The summed E-state index contributed by atoms with van der Waals surface area (Å²) < 4.78 is 43.8. The number of para-hydroxylation sites is 1. The van der Waals surface area contributed by atoms with Crippen LogP contribution in [-0.2, 0) is 11.0 Å². The zero-order chi connectivity index (χ0) is 20.7. The Hall–Kier alpha value is -3.03. The highest BCUT2D eigenvalue weighted by Crippen LogP contribution is 2.30. The van der Waals surface area contributed by atoms with Gasteiger partial charge < -0.3 is 15.4 Å². The summed E-state index contributed by atoms with van der Waals surface area (Å²) in [6, 6.07) is 10.7. The molecule has 0 saturated heterocycles. The summed E-state index contributed by atoms with van der Waals surface area (Å²) in [5.41, 5.74) is -0.175. The van der Waals surface area contributed by atoms with Crippen molar-refractivity contribution in [3.63, 3.8) is 0 Å². The van der Waals surface area contributed by atoms with Crippen molar-refractivity contribution in [1.82, 2.24) is 10.6 Å². The largest absolute Gasteiger partial charge is 0.493 e. The lowest BCUT2D eigenvalue weighted by Crippen LogP contribution is -2.38. The molecule has 0 aliphatic rings. The smallest absolute Gasteiger partial charge is 0.416 e. The molecule has 0 aliphatic carbocycles. The maximum Gasteiger partial charge on any atom is 0.416 e.